The van der Waals surface area contributed by atoms with Crippen LogP contribution in [-0.2, 0) is 4.79 Å². The summed E-state index contributed by atoms with van der Waals surface area (Å²) in [4.78, 5) is 36.2. The summed E-state index contributed by atoms with van der Waals surface area (Å²) in [6.45, 7) is 0.122. The summed E-state index contributed by atoms with van der Waals surface area (Å²) in [7, 11) is 0. The number of Topliss-reactive ketones (excluding diaryl/α,β-unsaturated/α-hetero) is 1. The fourth-order valence-electron chi connectivity index (χ4n) is 4.28. The highest BCUT2D eigenvalue weighted by Gasteiger charge is 2.27. The summed E-state index contributed by atoms with van der Waals surface area (Å²) < 4.78 is 48.7. The third-order valence-corrected chi connectivity index (χ3v) is 7.29. The molecule has 0 aliphatic heterocycles. The van der Waals surface area contributed by atoms with Crippen LogP contribution in [0, 0.1) is 23.4 Å². The van der Waals surface area contributed by atoms with Crippen molar-refractivity contribution in [1.82, 2.24) is 5.32 Å². The van der Waals surface area contributed by atoms with Crippen molar-refractivity contribution < 1.29 is 37.4 Å². The molecule has 6 nitrogen and oxygen atoms in total. The van der Waals surface area contributed by atoms with Crippen molar-refractivity contribution in [1.29, 1.82) is 0 Å². The molecule has 1 aromatic heterocycles. The number of benzene rings is 2. The molecule has 190 valence electrons. The number of carboxylic acid groups (broad SMARTS) is 1. The number of thiophene rings is 1. The summed E-state index contributed by atoms with van der Waals surface area (Å²) >= 11 is 1.14. The Morgan fingerprint density at radius 3 is 2.36 bits per heavy atom. The van der Waals surface area contributed by atoms with Gasteiger partial charge >= 0.3 is 5.97 Å². The minimum absolute atomic E-state index is 0.0456. The Morgan fingerprint density at radius 2 is 1.69 bits per heavy atom. The number of aliphatic carboxylic acids is 1. The highest BCUT2D eigenvalue weighted by molar-refractivity contribution is 7.20. The van der Waals surface area contributed by atoms with Crippen molar-refractivity contribution in [2.75, 3.05) is 6.54 Å². The van der Waals surface area contributed by atoms with Gasteiger partial charge in [0.15, 0.2) is 5.78 Å². The molecule has 2 N–H and O–H groups in total. The lowest BCUT2D eigenvalue weighted by atomic mass is 9.87. The molecule has 1 amide bonds. The number of carbonyl (C=O) groups is 3. The quantitative estimate of drug-likeness (QED) is 0.278. The largest absolute Gasteiger partial charge is 0.490 e. The number of ether oxygens (including phenoxy) is 1. The van der Waals surface area contributed by atoms with E-state index >= 15 is 0 Å². The van der Waals surface area contributed by atoms with Gasteiger partial charge in [-0.2, -0.15) is 0 Å². The summed E-state index contributed by atoms with van der Waals surface area (Å²) in [5.41, 5.74) is -0.658. The molecule has 0 saturated heterocycles. The fourth-order valence-corrected chi connectivity index (χ4v) is 5.29. The molecule has 0 spiro atoms. The third-order valence-electron chi connectivity index (χ3n) is 6.19. The van der Waals surface area contributed by atoms with E-state index in [9.17, 15) is 27.6 Å². The number of fused-ring (bicyclic) bond motifs is 1. The maximum absolute atomic E-state index is 14.6. The minimum Gasteiger partial charge on any atom is -0.490 e. The van der Waals surface area contributed by atoms with Gasteiger partial charge in [0, 0.05) is 29.8 Å². The van der Waals surface area contributed by atoms with Gasteiger partial charge < -0.3 is 15.2 Å². The molecule has 0 unspecified atom stereocenters. The zero-order valence-corrected chi connectivity index (χ0v) is 20.0. The van der Waals surface area contributed by atoms with E-state index in [0.29, 0.717) is 35.3 Å². The van der Waals surface area contributed by atoms with Crippen LogP contribution in [-0.4, -0.2) is 35.4 Å². The first kappa shape index (κ1) is 25.7. The molecule has 10 heteroatoms. The van der Waals surface area contributed by atoms with Crippen LogP contribution in [0.3, 0.4) is 0 Å². The number of amides is 1. The van der Waals surface area contributed by atoms with Gasteiger partial charge in [-0.3, -0.25) is 14.4 Å². The average Bonchev–Trinajstić information content (AvgIpc) is 3.25. The maximum Gasteiger partial charge on any atom is 0.306 e. The van der Waals surface area contributed by atoms with Crippen LogP contribution in [0.2, 0.25) is 0 Å². The van der Waals surface area contributed by atoms with Crippen molar-refractivity contribution in [3.05, 3.63) is 64.3 Å². The van der Waals surface area contributed by atoms with E-state index in [-0.39, 0.29) is 37.1 Å². The van der Waals surface area contributed by atoms with E-state index in [4.69, 9.17) is 9.84 Å². The number of rotatable bonds is 9. The highest BCUT2D eigenvalue weighted by atomic mass is 32.1. The number of carboxylic acids is 1. The van der Waals surface area contributed by atoms with Crippen LogP contribution < -0.4 is 10.1 Å². The van der Waals surface area contributed by atoms with Crippen molar-refractivity contribution in [2.45, 2.75) is 44.6 Å². The number of carbonyl (C=O) groups excluding carboxylic acids is 2. The van der Waals surface area contributed by atoms with Gasteiger partial charge in [0.25, 0.3) is 5.91 Å². The SMILES string of the molecule is O=C(NCCCC(=O)c1c(F)cc(OC2CCC(C(=O)O)CC2)cc1F)c1cc2ccc(F)cc2s1. The normalized spacial score (nSPS) is 17.6. The Balaban J connectivity index is 1.27. The summed E-state index contributed by atoms with van der Waals surface area (Å²) in [6.07, 6.45) is 1.44. The zero-order valence-electron chi connectivity index (χ0n) is 19.2. The predicted molar refractivity (Wildman–Crippen MR) is 128 cm³/mol. The van der Waals surface area contributed by atoms with Gasteiger partial charge in [-0.15, -0.1) is 11.3 Å². The van der Waals surface area contributed by atoms with Gasteiger partial charge in [-0.05, 0) is 55.7 Å². The Labute approximate surface area is 209 Å². The molecule has 1 fully saturated rings. The smallest absolute Gasteiger partial charge is 0.306 e. The topological polar surface area (TPSA) is 92.7 Å². The van der Waals surface area contributed by atoms with Gasteiger partial charge in [-0.25, -0.2) is 13.2 Å². The molecule has 0 radical (unpaired) electrons. The number of hydrogen-bond donors (Lipinski definition) is 2. The van der Waals surface area contributed by atoms with Crippen LogP contribution in [0.5, 0.6) is 5.75 Å². The van der Waals surface area contributed by atoms with Crippen LogP contribution in [0.4, 0.5) is 13.2 Å². The second-order valence-electron chi connectivity index (χ2n) is 8.77. The second kappa shape index (κ2) is 11.1. The van der Waals surface area contributed by atoms with E-state index < -0.39 is 40.7 Å². The average molecular weight is 520 g/mol. The molecule has 1 aliphatic rings. The molecular weight excluding hydrogens is 495 g/mol. The van der Waals surface area contributed by atoms with Crippen molar-refractivity contribution in [2.24, 2.45) is 5.92 Å². The van der Waals surface area contributed by atoms with Gasteiger partial charge in [-0.1, -0.05) is 6.07 Å². The lowest BCUT2D eigenvalue weighted by molar-refractivity contribution is -0.143. The number of halogens is 3. The fraction of sp³-hybridized carbons (Fsp3) is 0.346. The van der Waals surface area contributed by atoms with E-state index in [1.165, 1.54) is 12.1 Å². The van der Waals surface area contributed by atoms with E-state index in [1.807, 2.05) is 0 Å². The molecule has 1 aliphatic carbocycles. The number of hydrogen-bond acceptors (Lipinski definition) is 5. The molecule has 0 atom stereocenters. The molecule has 1 heterocycles. The van der Waals surface area contributed by atoms with Crippen LogP contribution in [0.15, 0.2) is 36.4 Å². The summed E-state index contributed by atoms with van der Waals surface area (Å²) in [5.74, 6) is -4.90. The minimum atomic E-state index is -1.03. The standard InChI is InChI=1S/C26H24F3NO5S/c27-16-6-3-15-10-23(36-22(15)11-16)25(32)30-9-1-2-21(31)24-19(28)12-18(13-20(24)29)35-17-7-4-14(5-8-17)26(33)34/h3,6,10-14,17H,1-2,4-5,7-9H2,(H,30,32)(H,33,34). The number of ketones is 1. The second-order valence-corrected chi connectivity index (χ2v) is 9.85. The zero-order chi connectivity index (χ0) is 25.8. The first-order valence-corrected chi connectivity index (χ1v) is 12.4. The van der Waals surface area contributed by atoms with Crippen LogP contribution in [0.1, 0.15) is 58.6 Å². The molecule has 3 aromatic rings. The Bertz CT molecular complexity index is 1280. The van der Waals surface area contributed by atoms with Crippen molar-refractivity contribution in [3.8, 4) is 5.75 Å². The van der Waals surface area contributed by atoms with Gasteiger partial charge in [0.2, 0.25) is 0 Å². The van der Waals surface area contributed by atoms with Crippen molar-refractivity contribution >= 4 is 39.1 Å². The van der Waals surface area contributed by atoms with E-state index in [2.05, 4.69) is 5.32 Å². The molecule has 2 aromatic carbocycles. The monoisotopic (exact) mass is 519 g/mol. The first-order chi connectivity index (χ1) is 17.2. The maximum atomic E-state index is 14.6. The first-order valence-electron chi connectivity index (χ1n) is 11.6. The summed E-state index contributed by atoms with van der Waals surface area (Å²) in [5, 5.41) is 12.5. The lowest BCUT2D eigenvalue weighted by Crippen LogP contribution is -2.28. The van der Waals surface area contributed by atoms with Crippen LogP contribution >= 0.6 is 11.3 Å². The molecule has 1 saturated carbocycles. The molecular formula is C26H24F3NO5S. The third kappa shape index (κ3) is 6.04. The number of nitrogens with one attached hydrogen (secondary N) is 1. The van der Waals surface area contributed by atoms with Crippen LogP contribution in [0.25, 0.3) is 10.1 Å². The summed E-state index contributed by atoms with van der Waals surface area (Å²) in [6, 6.07) is 7.81. The highest BCUT2D eigenvalue weighted by Crippen LogP contribution is 2.30. The molecule has 4 rings (SSSR count). The Morgan fingerprint density at radius 1 is 1.00 bits per heavy atom. The van der Waals surface area contributed by atoms with Crippen molar-refractivity contribution in [3.63, 3.8) is 0 Å². The Hall–Kier alpha value is -3.40. The van der Waals surface area contributed by atoms with E-state index in [1.54, 1.807) is 12.1 Å². The van der Waals surface area contributed by atoms with Gasteiger partial charge in [0.05, 0.1) is 22.5 Å². The van der Waals surface area contributed by atoms with E-state index in [0.717, 1.165) is 28.9 Å². The molecule has 36 heavy (non-hydrogen) atoms. The Kier molecular flexibility index (Phi) is 7.93. The van der Waals surface area contributed by atoms with Gasteiger partial charge in [0.1, 0.15) is 23.2 Å². The molecule has 0 bridgehead atoms. The lowest BCUT2D eigenvalue weighted by Gasteiger charge is -2.26. The predicted octanol–water partition coefficient (Wildman–Crippen LogP) is 5.73.